The number of hydrogen-bond donors (Lipinski definition) is 1. The monoisotopic (exact) mass is 458 g/mol. The van der Waals surface area contributed by atoms with Gasteiger partial charge >= 0.3 is 6.09 Å². The summed E-state index contributed by atoms with van der Waals surface area (Å²) in [6.07, 6.45) is 6.54. The zero-order chi connectivity index (χ0) is 23.3. The number of carbonyl (C=O) groups excluding carboxylic acids is 3. The summed E-state index contributed by atoms with van der Waals surface area (Å²) >= 11 is 0. The van der Waals surface area contributed by atoms with Crippen LogP contribution in [0.1, 0.15) is 61.4 Å². The van der Waals surface area contributed by atoms with Crippen molar-refractivity contribution in [2.24, 2.45) is 0 Å². The first kappa shape index (κ1) is 23.3. The van der Waals surface area contributed by atoms with Crippen LogP contribution in [0.25, 0.3) is 6.08 Å². The highest BCUT2D eigenvalue weighted by atomic mass is 16.8. The van der Waals surface area contributed by atoms with Crippen LogP contribution >= 0.6 is 0 Å². The highest BCUT2D eigenvalue weighted by Crippen LogP contribution is 2.39. The maximum atomic E-state index is 13.0. The van der Waals surface area contributed by atoms with Gasteiger partial charge in [-0.25, -0.2) is 15.1 Å². The molecule has 1 spiro atoms. The standard InChI is InChI=1S/C24H30N2O7/c1-2-30-23(29)26-12-5-11-24(16-26)15-19(27)18-14-17(7-9-20(18)32-24)8-10-21(28)25-33-22-6-3-4-13-31-22/h7-10,14,22H,2-6,11-13,15-16H2,1H3,(H,25,28)/b10-8+. The molecule has 33 heavy (non-hydrogen) atoms. The van der Waals surface area contributed by atoms with Gasteiger partial charge in [0.2, 0.25) is 0 Å². The maximum absolute atomic E-state index is 13.0. The normalized spacial score (nSPS) is 24.9. The average Bonchev–Trinajstić information content (AvgIpc) is 2.82. The fraction of sp³-hybridized carbons (Fsp3) is 0.542. The number of hydrogen-bond acceptors (Lipinski definition) is 7. The van der Waals surface area contributed by atoms with Gasteiger partial charge in [0.05, 0.1) is 25.1 Å². The second-order valence-corrected chi connectivity index (χ2v) is 8.58. The molecular formula is C24H30N2O7. The summed E-state index contributed by atoms with van der Waals surface area (Å²) in [4.78, 5) is 44.1. The lowest BCUT2D eigenvalue weighted by Crippen LogP contribution is -2.56. The number of rotatable bonds is 5. The predicted octanol–water partition coefficient (Wildman–Crippen LogP) is 3.23. The van der Waals surface area contributed by atoms with Gasteiger partial charge in [-0.15, -0.1) is 0 Å². The summed E-state index contributed by atoms with van der Waals surface area (Å²) in [5, 5.41) is 0. The number of ether oxygens (including phenoxy) is 3. The molecule has 1 aromatic rings. The molecule has 2 saturated heterocycles. The molecular weight excluding hydrogens is 428 g/mol. The van der Waals surface area contributed by atoms with Gasteiger partial charge in [0.1, 0.15) is 11.4 Å². The fourth-order valence-corrected chi connectivity index (χ4v) is 4.45. The van der Waals surface area contributed by atoms with Crippen molar-refractivity contribution >= 4 is 23.9 Å². The fourth-order valence-electron chi connectivity index (χ4n) is 4.45. The van der Waals surface area contributed by atoms with E-state index in [-0.39, 0.29) is 18.3 Å². The number of carbonyl (C=O) groups is 3. The number of likely N-dealkylation sites (tertiary alicyclic amines) is 1. The summed E-state index contributed by atoms with van der Waals surface area (Å²) in [6, 6.07) is 5.23. The third-order valence-electron chi connectivity index (χ3n) is 6.03. The van der Waals surface area contributed by atoms with Crippen LogP contribution in [0.2, 0.25) is 0 Å². The van der Waals surface area contributed by atoms with Gasteiger partial charge in [0.15, 0.2) is 12.1 Å². The number of ketones is 1. The molecule has 9 nitrogen and oxygen atoms in total. The number of piperidine rings is 1. The number of nitrogens with zero attached hydrogens (tertiary/aromatic N) is 1. The number of benzene rings is 1. The number of amides is 2. The first-order valence-corrected chi connectivity index (χ1v) is 11.5. The van der Waals surface area contributed by atoms with Gasteiger partial charge in [0.25, 0.3) is 5.91 Å². The molecule has 0 bridgehead atoms. The Kier molecular flexibility index (Phi) is 7.29. The molecule has 2 unspecified atom stereocenters. The van der Waals surface area contributed by atoms with Gasteiger partial charge in [0, 0.05) is 25.6 Å². The first-order chi connectivity index (χ1) is 16.0. The van der Waals surface area contributed by atoms with E-state index in [0.717, 1.165) is 25.7 Å². The van der Waals surface area contributed by atoms with Crippen LogP contribution in [-0.2, 0) is 19.1 Å². The minimum Gasteiger partial charge on any atom is -0.484 e. The van der Waals surface area contributed by atoms with Gasteiger partial charge < -0.3 is 19.1 Å². The average molecular weight is 459 g/mol. The maximum Gasteiger partial charge on any atom is 0.409 e. The number of Topliss-reactive ketones (excluding diaryl/α,β-unsaturated/α-hetero) is 1. The largest absolute Gasteiger partial charge is 0.484 e. The van der Waals surface area contributed by atoms with Crippen LogP contribution in [0.5, 0.6) is 5.75 Å². The molecule has 1 aromatic carbocycles. The van der Waals surface area contributed by atoms with Crippen LogP contribution in [0.4, 0.5) is 4.79 Å². The summed E-state index contributed by atoms with van der Waals surface area (Å²) in [5.41, 5.74) is 2.81. The van der Waals surface area contributed by atoms with E-state index in [1.165, 1.54) is 6.08 Å². The predicted molar refractivity (Wildman–Crippen MR) is 118 cm³/mol. The minimum absolute atomic E-state index is 0.0422. The number of nitrogens with one attached hydrogen (secondary N) is 1. The van der Waals surface area contributed by atoms with E-state index in [9.17, 15) is 14.4 Å². The molecule has 2 atom stereocenters. The van der Waals surface area contributed by atoms with Crippen LogP contribution in [0.3, 0.4) is 0 Å². The Morgan fingerprint density at radius 3 is 2.97 bits per heavy atom. The molecule has 1 N–H and O–H groups in total. The molecule has 4 rings (SSSR count). The van der Waals surface area contributed by atoms with Gasteiger partial charge in [-0.2, -0.15) is 0 Å². The van der Waals surface area contributed by atoms with E-state index >= 15 is 0 Å². The van der Waals surface area contributed by atoms with Crippen LogP contribution < -0.4 is 10.2 Å². The van der Waals surface area contributed by atoms with Crippen molar-refractivity contribution in [1.29, 1.82) is 0 Å². The van der Waals surface area contributed by atoms with E-state index in [4.69, 9.17) is 19.0 Å². The SMILES string of the molecule is CCOC(=O)N1CCCC2(CC(=O)c3cc(/C=C/C(=O)NOC4CCCCO4)ccc3O2)C1. The highest BCUT2D eigenvalue weighted by molar-refractivity contribution is 6.01. The van der Waals surface area contributed by atoms with E-state index in [1.807, 2.05) is 0 Å². The van der Waals surface area contributed by atoms with Gasteiger partial charge in [-0.05, 0) is 56.4 Å². The van der Waals surface area contributed by atoms with Gasteiger partial charge in [-0.1, -0.05) is 6.07 Å². The van der Waals surface area contributed by atoms with E-state index in [0.29, 0.717) is 49.6 Å². The third-order valence-corrected chi connectivity index (χ3v) is 6.03. The Hall–Kier alpha value is -2.91. The Morgan fingerprint density at radius 1 is 1.30 bits per heavy atom. The molecule has 9 heteroatoms. The second kappa shape index (κ2) is 10.4. The van der Waals surface area contributed by atoms with Crippen LogP contribution in [0.15, 0.2) is 24.3 Å². The molecule has 2 fully saturated rings. The lowest BCUT2D eigenvalue weighted by atomic mass is 9.83. The zero-order valence-electron chi connectivity index (χ0n) is 18.8. The minimum atomic E-state index is -0.731. The summed E-state index contributed by atoms with van der Waals surface area (Å²) in [5.74, 6) is 0.0421. The van der Waals surface area contributed by atoms with Crippen LogP contribution in [-0.4, -0.2) is 60.9 Å². The molecule has 0 aromatic heterocycles. The molecule has 0 saturated carbocycles. The van der Waals surface area contributed by atoms with Crippen molar-refractivity contribution in [2.75, 3.05) is 26.3 Å². The molecule has 3 aliphatic heterocycles. The van der Waals surface area contributed by atoms with Crippen molar-refractivity contribution in [3.05, 3.63) is 35.4 Å². The van der Waals surface area contributed by atoms with Crippen LogP contribution in [0, 0.1) is 0 Å². The van der Waals surface area contributed by atoms with E-state index < -0.39 is 17.8 Å². The third kappa shape index (κ3) is 5.72. The second-order valence-electron chi connectivity index (χ2n) is 8.58. The van der Waals surface area contributed by atoms with E-state index in [1.54, 1.807) is 36.1 Å². The Balaban J connectivity index is 1.38. The van der Waals surface area contributed by atoms with E-state index in [2.05, 4.69) is 5.48 Å². The lowest BCUT2D eigenvalue weighted by Gasteiger charge is -2.44. The van der Waals surface area contributed by atoms with Crippen molar-refractivity contribution in [2.45, 2.75) is 57.3 Å². The Morgan fingerprint density at radius 2 is 2.18 bits per heavy atom. The van der Waals surface area contributed by atoms with Gasteiger partial charge in [-0.3, -0.25) is 9.59 Å². The topological polar surface area (TPSA) is 103 Å². The molecule has 3 heterocycles. The highest BCUT2D eigenvalue weighted by Gasteiger charge is 2.45. The zero-order valence-corrected chi connectivity index (χ0v) is 18.8. The van der Waals surface area contributed by atoms with Crippen molar-refractivity contribution in [3.8, 4) is 5.75 Å². The van der Waals surface area contributed by atoms with Crippen molar-refractivity contribution in [3.63, 3.8) is 0 Å². The molecule has 3 aliphatic rings. The van der Waals surface area contributed by atoms with Crippen molar-refractivity contribution in [1.82, 2.24) is 10.4 Å². The first-order valence-electron chi connectivity index (χ1n) is 11.5. The molecule has 0 aliphatic carbocycles. The molecule has 0 radical (unpaired) electrons. The smallest absolute Gasteiger partial charge is 0.409 e. The summed E-state index contributed by atoms with van der Waals surface area (Å²) < 4.78 is 16.8. The molecule has 2 amide bonds. The quantitative estimate of drug-likeness (QED) is 0.534. The summed E-state index contributed by atoms with van der Waals surface area (Å²) in [6.45, 7) is 3.61. The Bertz CT molecular complexity index is 925. The Labute approximate surface area is 192 Å². The summed E-state index contributed by atoms with van der Waals surface area (Å²) in [7, 11) is 0. The number of fused-ring (bicyclic) bond motifs is 1. The molecule has 178 valence electrons. The lowest BCUT2D eigenvalue weighted by molar-refractivity contribution is -0.198. The number of hydroxylamine groups is 1. The van der Waals surface area contributed by atoms with Crippen molar-refractivity contribution < 1.29 is 33.4 Å².